The maximum atomic E-state index is 11.8. The minimum atomic E-state index is -3.91. The number of nitrogens with two attached hydrogens (primary N) is 1. The molecule has 0 aliphatic heterocycles. The smallest absolute Gasteiger partial charge is 0.303 e. The number of aliphatic carboxylic acids is 1. The Bertz CT molecular complexity index is 635. The molecule has 0 fully saturated rings. The number of hydrogen-bond donors (Lipinski definition) is 3. The first-order chi connectivity index (χ1) is 10.2. The number of carbonyl (C=O) groups is 2. The fraction of sp³-hybridized carbons (Fsp3) is 0.538. The zero-order chi connectivity index (χ0) is 16.8. The Morgan fingerprint density at radius 1 is 1.27 bits per heavy atom. The number of primary sulfonamides is 1. The van der Waals surface area contributed by atoms with Crippen molar-refractivity contribution in [2.75, 3.05) is 6.54 Å². The Morgan fingerprint density at radius 2 is 1.91 bits per heavy atom. The molecular formula is C13H20N2O6S. The molecule has 0 bridgehead atoms. The molecule has 1 heterocycles. The van der Waals surface area contributed by atoms with Crippen LogP contribution in [0.2, 0.25) is 0 Å². The Labute approximate surface area is 128 Å². The third-order valence-corrected chi connectivity index (χ3v) is 4.02. The minimum Gasteiger partial charge on any atom is -0.481 e. The highest BCUT2D eigenvalue weighted by molar-refractivity contribution is 7.89. The molecule has 0 aromatic carbocycles. The van der Waals surface area contributed by atoms with Crippen molar-refractivity contribution in [1.29, 1.82) is 0 Å². The van der Waals surface area contributed by atoms with Crippen molar-refractivity contribution < 1.29 is 27.5 Å². The summed E-state index contributed by atoms with van der Waals surface area (Å²) >= 11 is 0. The molecule has 1 amide bonds. The lowest BCUT2D eigenvalue weighted by Gasteiger charge is -2.02. The Hall–Kier alpha value is -1.87. The number of carbonyl (C=O) groups excluding carboxylic acids is 1. The predicted molar refractivity (Wildman–Crippen MR) is 77.9 cm³/mol. The molecule has 22 heavy (non-hydrogen) atoms. The van der Waals surface area contributed by atoms with Gasteiger partial charge < -0.3 is 14.8 Å². The molecule has 0 aliphatic rings. The molecule has 0 unspecified atom stereocenters. The van der Waals surface area contributed by atoms with Crippen LogP contribution in [0.15, 0.2) is 15.4 Å². The molecule has 124 valence electrons. The second-order valence-corrected chi connectivity index (χ2v) is 6.42. The normalized spacial score (nSPS) is 11.4. The number of unbranched alkanes of at least 4 members (excludes halogenated alkanes) is 3. The van der Waals surface area contributed by atoms with Crippen molar-refractivity contribution >= 4 is 21.9 Å². The fourth-order valence-corrected chi connectivity index (χ4v) is 2.62. The highest BCUT2D eigenvalue weighted by Gasteiger charge is 2.20. The molecule has 0 aliphatic carbocycles. The molecule has 1 aromatic rings. The number of carboxylic acid groups (broad SMARTS) is 1. The van der Waals surface area contributed by atoms with Gasteiger partial charge in [0, 0.05) is 19.0 Å². The SMILES string of the molecule is Cc1oc(C(=O)NCCCCCCC(=O)O)cc1S(N)(=O)=O. The van der Waals surface area contributed by atoms with Crippen molar-refractivity contribution in [2.45, 2.75) is 43.9 Å². The van der Waals surface area contributed by atoms with E-state index in [-0.39, 0.29) is 22.8 Å². The van der Waals surface area contributed by atoms with Gasteiger partial charge in [0.15, 0.2) is 5.76 Å². The van der Waals surface area contributed by atoms with E-state index in [1.807, 2.05) is 0 Å². The lowest BCUT2D eigenvalue weighted by Crippen LogP contribution is -2.24. The van der Waals surface area contributed by atoms with E-state index < -0.39 is 21.9 Å². The van der Waals surface area contributed by atoms with Gasteiger partial charge in [0.2, 0.25) is 10.0 Å². The van der Waals surface area contributed by atoms with Gasteiger partial charge in [-0.05, 0) is 19.8 Å². The number of furan rings is 1. The van der Waals surface area contributed by atoms with Gasteiger partial charge in [-0.15, -0.1) is 0 Å². The maximum absolute atomic E-state index is 11.8. The molecule has 0 atom stereocenters. The number of hydrogen-bond acceptors (Lipinski definition) is 5. The average molecular weight is 332 g/mol. The second kappa shape index (κ2) is 7.95. The first-order valence-corrected chi connectivity index (χ1v) is 8.39. The van der Waals surface area contributed by atoms with Crippen LogP contribution < -0.4 is 10.5 Å². The average Bonchev–Trinajstić information content (AvgIpc) is 2.79. The van der Waals surface area contributed by atoms with Crippen LogP contribution in [0.5, 0.6) is 0 Å². The van der Waals surface area contributed by atoms with Gasteiger partial charge in [-0.25, -0.2) is 13.6 Å². The largest absolute Gasteiger partial charge is 0.481 e. The lowest BCUT2D eigenvalue weighted by atomic mass is 10.1. The molecule has 4 N–H and O–H groups in total. The van der Waals surface area contributed by atoms with E-state index in [0.29, 0.717) is 19.4 Å². The molecule has 1 rings (SSSR count). The topological polar surface area (TPSA) is 140 Å². The van der Waals surface area contributed by atoms with Crippen LogP contribution >= 0.6 is 0 Å². The number of aryl methyl sites for hydroxylation is 1. The fourth-order valence-electron chi connectivity index (χ4n) is 1.90. The van der Waals surface area contributed by atoms with Crippen LogP contribution in [0, 0.1) is 6.92 Å². The second-order valence-electron chi connectivity index (χ2n) is 4.89. The van der Waals surface area contributed by atoms with E-state index in [0.717, 1.165) is 18.9 Å². The van der Waals surface area contributed by atoms with Crippen LogP contribution in [0.25, 0.3) is 0 Å². The van der Waals surface area contributed by atoms with E-state index in [1.165, 1.54) is 6.92 Å². The molecule has 0 saturated carbocycles. The highest BCUT2D eigenvalue weighted by atomic mass is 32.2. The summed E-state index contributed by atoms with van der Waals surface area (Å²) in [5, 5.41) is 16.1. The number of amides is 1. The first kappa shape index (κ1) is 18.2. The standard InChI is InChI=1S/C13H20N2O6S/c1-9-11(22(14,19)20)8-10(21-9)13(18)15-7-5-3-2-4-6-12(16)17/h8H,2-7H2,1H3,(H,15,18)(H,16,17)(H2,14,19,20). The molecule has 0 saturated heterocycles. The van der Waals surface area contributed by atoms with Crippen molar-refractivity contribution in [1.82, 2.24) is 5.32 Å². The summed E-state index contributed by atoms with van der Waals surface area (Å²) in [6.07, 6.45) is 3.03. The van der Waals surface area contributed by atoms with Crippen molar-refractivity contribution in [3.8, 4) is 0 Å². The molecule has 0 spiro atoms. The predicted octanol–water partition coefficient (Wildman–Crippen LogP) is 1.00. The number of sulfonamides is 1. The van der Waals surface area contributed by atoms with Gasteiger partial charge in [0.25, 0.3) is 5.91 Å². The monoisotopic (exact) mass is 332 g/mol. The molecule has 0 radical (unpaired) electrons. The molecule has 9 heteroatoms. The molecule has 1 aromatic heterocycles. The summed E-state index contributed by atoms with van der Waals surface area (Å²) in [5.41, 5.74) is 0. The first-order valence-electron chi connectivity index (χ1n) is 6.85. The summed E-state index contributed by atoms with van der Waals surface area (Å²) in [7, 11) is -3.91. The van der Waals surface area contributed by atoms with Crippen molar-refractivity contribution in [3.63, 3.8) is 0 Å². The van der Waals surface area contributed by atoms with Gasteiger partial charge in [-0.3, -0.25) is 9.59 Å². The molecule has 8 nitrogen and oxygen atoms in total. The van der Waals surface area contributed by atoms with Gasteiger partial charge >= 0.3 is 5.97 Å². The lowest BCUT2D eigenvalue weighted by molar-refractivity contribution is -0.137. The highest BCUT2D eigenvalue weighted by Crippen LogP contribution is 2.18. The maximum Gasteiger partial charge on any atom is 0.303 e. The summed E-state index contributed by atoms with van der Waals surface area (Å²) in [5.74, 6) is -1.36. The third kappa shape index (κ3) is 5.86. The van der Waals surface area contributed by atoms with Crippen molar-refractivity contribution in [2.24, 2.45) is 5.14 Å². The molecular weight excluding hydrogens is 312 g/mol. The van der Waals surface area contributed by atoms with Crippen LogP contribution in [0.3, 0.4) is 0 Å². The van der Waals surface area contributed by atoms with Crippen LogP contribution in [-0.4, -0.2) is 31.9 Å². The van der Waals surface area contributed by atoms with E-state index >= 15 is 0 Å². The van der Waals surface area contributed by atoms with Gasteiger partial charge in [-0.1, -0.05) is 12.8 Å². The van der Waals surface area contributed by atoms with Crippen LogP contribution in [0.1, 0.15) is 48.4 Å². The zero-order valence-corrected chi connectivity index (χ0v) is 13.1. The van der Waals surface area contributed by atoms with E-state index in [1.54, 1.807) is 0 Å². The summed E-state index contributed by atoms with van der Waals surface area (Å²) < 4.78 is 27.6. The Balaban J connectivity index is 2.36. The summed E-state index contributed by atoms with van der Waals surface area (Å²) in [6, 6.07) is 1.10. The van der Waals surface area contributed by atoms with Gasteiger partial charge in [0.05, 0.1) is 0 Å². The number of nitrogens with one attached hydrogen (secondary N) is 1. The Morgan fingerprint density at radius 3 is 2.45 bits per heavy atom. The Kier molecular flexibility index (Phi) is 6.57. The van der Waals surface area contributed by atoms with Gasteiger partial charge in [0.1, 0.15) is 10.7 Å². The zero-order valence-electron chi connectivity index (χ0n) is 12.3. The quantitative estimate of drug-likeness (QED) is 0.576. The van der Waals surface area contributed by atoms with E-state index in [9.17, 15) is 18.0 Å². The van der Waals surface area contributed by atoms with E-state index in [2.05, 4.69) is 5.32 Å². The minimum absolute atomic E-state index is 0.0707. The summed E-state index contributed by atoms with van der Waals surface area (Å²) in [4.78, 5) is 21.9. The van der Waals surface area contributed by atoms with Crippen LogP contribution in [-0.2, 0) is 14.8 Å². The third-order valence-electron chi connectivity index (χ3n) is 3.01. The number of rotatable bonds is 9. The summed E-state index contributed by atoms with van der Waals surface area (Å²) in [6.45, 7) is 1.81. The van der Waals surface area contributed by atoms with Crippen LogP contribution in [0.4, 0.5) is 0 Å². The number of carboxylic acids is 1. The van der Waals surface area contributed by atoms with Gasteiger partial charge in [-0.2, -0.15) is 0 Å². The van der Waals surface area contributed by atoms with E-state index in [4.69, 9.17) is 14.7 Å². The van der Waals surface area contributed by atoms with Crippen molar-refractivity contribution in [3.05, 3.63) is 17.6 Å².